The predicted molar refractivity (Wildman–Crippen MR) is 126 cm³/mol. The van der Waals surface area contributed by atoms with E-state index >= 15 is 0 Å². The lowest BCUT2D eigenvalue weighted by Crippen LogP contribution is -2.27. The summed E-state index contributed by atoms with van der Waals surface area (Å²) in [6.07, 6.45) is 0. The summed E-state index contributed by atoms with van der Waals surface area (Å²) in [5, 5.41) is 21.1. The van der Waals surface area contributed by atoms with Crippen LogP contribution in [0.15, 0.2) is 66.7 Å². The van der Waals surface area contributed by atoms with Crippen molar-refractivity contribution in [1.82, 2.24) is 0 Å². The highest BCUT2D eigenvalue weighted by Crippen LogP contribution is 2.44. The summed E-state index contributed by atoms with van der Waals surface area (Å²) >= 11 is 0. The van der Waals surface area contributed by atoms with Gasteiger partial charge in [-0.3, -0.25) is 0 Å². The van der Waals surface area contributed by atoms with E-state index in [1.54, 1.807) is 0 Å². The van der Waals surface area contributed by atoms with E-state index in [4.69, 9.17) is 0 Å². The Labute approximate surface area is 181 Å². The van der Waals surface area contributed by atoms with Crippen LogP contribution in [0.1, 0.15) is 76.3 Å². The molecular weight excluding hydrogens is 368 g/mol. The molecule has 0 saturated heterocycles. The van der Waals surface area contributed by atoms with Gasteiger partial charge in [-0.05, 0) is 57.7 Å². The quantitative estimate of drug-likeness (QED) is 0.461. The molecule has 0 bridgehead atoms. The first kappa shape index (κ1) is 22.0. The van der Waals surface area contributed by atoms with E-state index in [1.165, 1.54) is 5.56 Å². The van der Waals surface area contributed by atoms with Crippen molar-refractivity contribution in [1.29, 1.82) is 0 Å². The van der Waals surface area contributed by atoms with Crippen LogP contribution in [0.4, 0.5) is 0 Å². The Morgan fingerprint density at radius 1 is 0.500 bits per heavy atom. The first-order chi connectivity index (χ1) is 13.8. The minimum atomic E-state index is -0.442. The molecule has 30 heavy (non-hydrogen) atoms. The zero-order valence-corrected chi connectivity index (χ0v) is 19.2. The average Bonchev–Trinajstić information content (AvgIpc) is 2.67. The van der Waals surface area contributed by atoms with Gasteiger partial charge in [0.15, 0.2) is 0 Å². The van der Waals surface area contributed by atoms with Gasteiger partial charge in [0.1, 0.15) is 11.5 Å². The van der Waals surface area contributed by atoms with E-state index < -0.39 is 5.41 Å². The fraction of sp³-hybridized carbons (Fsp3) is 0.357. The molecule has 0 fully saturated rings. The summed E-state index contributed by atoms with van der Waals surface area (Å²) in [5.41, 5.74) is 4.45. The molecule has 0 atom stereocenters. The molecule has 0 amide bonds. The van der Waals surface area contributed by atoms with Crippen molar-refractivity contribution in [3.63, 3.8) is 0 Å². The summed E-state index contributed by atoms with van der Waals surface area (Å²) in [5.74, 6) is 0.644. The van der Waals surface area contributed by atoms with Crippen molar-refractivity contribution in [2.45, 2.75) is 64.7 Å². The lowest BCUT2D eigenvalue weighted by molar-refractivity contribution is 0.445. The van der Waals surface area contributed by atoms with Gasteiger partial charge in [-0.1, -0.05) is 96.1 Å². The predicted octanol–water partition coefficient (Wildman–Crippen LogP) is 7.05. The number of hydrogen-bond donors (Lipinski definition) is 2. The van der Waals surface area contributed by atoms with Gasteiger partial charge in [0.2, 0.25) is 0 Å². The van der Waals surface area contributed by atoms with E-state index in [0.29, 0.717) is 11.5 Å². The number of hydrogen-bond acceptors (Lipinski definition) is 2. The number of aromatic hydroxyl groups is 2. The molecule has 2 heteroatoms. The van der Waals surface area contributed by atoms with Crippen LogP contribution in [0, 0.1) is 0 Å². The molecule has 3 aromatic rings. The van der Waals surface area contributed by atoms with E-state index in [9.17, 15) is 10.2 Å². The minimum absolute atomic E-state index is 0.177. The third-order valence-electron chi connectivity index (χ3n) is 6.11. The van der Waals surface area contributed by atoms with Crippen molar-refractivity contribution in [3.05, 3.63) is 94.5 Å². The molecule has 0 aliphatic heterocycles. The summed E-state index contributed by atoms with van der Waals surface area (Å²) < 4.78 is 0. The molecule has 0 saturated carbocycles. The van der Waals surface area contributed by atoms with Gasteiger partial charge in [-0.15, -0.1) is 0 Å². The molecule has 158 valence electrons. The smallest absolute Gasteiger partial charge is 0.119 e. The second kappa shape index (κ2) is 7.50. The van der Waals surface area contributed by atoms with Gasteiger partial charge >= 0.3 is 0 Å². The first-order valence-corrected chi connectivity index (χ1v) is 10.6. The third kappa shape index (κ3) is 3.96. The molecule has 0 radical (unpaired) electrons. The molecule has 3 aromatic carbocycles. The lowest BCUT2D eigenvalue weighted by atomic mass is 9.68. The number of phenolic OH excluding ortho intramolecular Hbond substituents is 2. The maximum atomic E-state index is 10.5. The Morgan fingerprint density at radius 2 is 0.900 bits per heavy atom. The zero-order chi connectivity index (χ0) is 22.3. The van der Waals surface area contributed by atoms with E-state index in [-0.39, 0.29) is 10.8 Å². The van der Waals surface area contributed by atoms with Crippen LogP contribution in [0.25, 0.3) is 0 Å². The Kier molecular flexibility index (Phi) is 5.49. The van der Waals surface area contributed by atoms with Crippen LogP contribution in [-0.2, 0) is 16.2 Å². The van der Waals surface area contributed by atoms with Gasteiger partial charge in [0.25, 0.3) is 0 Å². The van der Waals surface area contributed by atoms with Crippen molar-refractivity contribution in [3.8, 4) is 11.5 Å². The molecular formula is C28H34O2. The summed E-state index contributed by atoms with van der Waals surface area (Å²) in [6.45, 7) is 14.9. The fourth-order valence-corrected chi connectivity index (χ4v) is 4.17. The zero-order valence-electron chi connectivity index (χ0n) is 19.2. The van der Waals surface area contributed by atoms with Gasteiger partial charge in [0, 0.05) is 5.41 Å². The normalized spacial score (nSPS) is 12.8. The average molecular weight is 403 g/mol. The van der Waals surface area contributed by atoms with Crippen molar-refractivity contribution in [2.75, 3.05) is 0 Å². The Balaban J connectivity index is 2.34. The van der Waals surface area contributed by atoms with Crippen molar-refractivity contribution in [2.24, 2.45) is 0 Å². The van der Waals surface area contributed by atoms with Crippen LogP contribution in [-0.4, -0.2) is 10.2 Å². The fourth-order valence-electron chi connectivity index (χ4n) is 4.17. The topological polar surface area (TPSA) is 40.5 Å². The second-order valence-electron chi connectivity index (χ2n) is 10.5. The van der Waals surface area contributed by atoms with E-state index in [1.807, 2.05) is 30.3 Å². The molecule has 2 N–H and O–H groups in total. The molecule has 0 spiro atoms. The van der Waals surface area contributed by atoms with Crippen LogP contribution in [0.5, 0.6) is 11.5 Å². The van der Waals surface area contributed by atoms with Gasteiger partial charge in [-0.25, -0.2) is 0 Å². The molecule has 0 aliphatic rings. The van der Waals surface area contributed by atoms with E-state index in [2.05, 4.69) is 84.9 Å². The van der Waals surface area contributed by atoms with Crippen molar-refractivity contribution < 1.29 is 10.2 Å². The maximum absolute atomic E-state index is 10.5. The third-order valence-corrected chi connectivity index (χ3v) is 6.11. The second-order valence-corrected chi connectivity index (χ2v) is 10.5. The summed E-state index contributed by atoms with van der Waals surface area (Å²) in [4.78, 5) is 0. The summed E-state index contributed by atoms with van der Waals surface area (Å²) in [6, 6.07) is 22.3. The molecule has 2 nitrogen and oxygen atoms in total. The Bertz CT molecular complexity index is 971. The molecule has 0 aromatic heterocycles. The van der Waals surface area contributed by atoms with Crippen LogP contribution >= 0.6 is 0 Å². The van der Waals surface area contributed by atoms with E-state index in [0.717, 1.165) is 22.3 Å². The van der Waals surface area contributed by atoms with Gasteiger partial charge in [-0.2, -0.15) is 0 Å². The number of rotatable bonds is 3. The highest BCUT2D eigenvalue weighted by molar-refractivity contribution is 5.55. The largest absolute Gasteiger partial charge is 0.508 e. The Hall–Kier alpha value is -2.74. The monoisotopic (exact) mass is 402 g/mol. The number of phenols is 2. The summed E-state index contributed by atoms with van der Waals surface area (Å²) in [7, 11) is 0. The van der Waals surface area contributed by atoms with Crippen LogP contribution in [0.2, 0.25) is 0 Å². The SMILES string of the molecule is CC(C)(C)c1cc(C(C)(c2ccccc2)c2ccc(O)c(C(C)(C)C)c2)ccc1O. The highest BCUT2D eigenvalue weighted by atomic mass is 16.3. The molecule has 3 rings (SSSR count). The molecule has 0 aliphatic carbocycles. The van der Waals surface area contributed by atoms with Crippen LogP contribution in [0.3, 0.4) is 0 Å². The van der Waals surface area contributed by atoms with Crippen LogP contribution < -0.4 is 0 Å². The van der Waals surface area contributed by atoms with Gasteiger partial charge in [0.05, 0.1) is 0 Å². The standard InChI is InChI=1S/C28H34O2/c1-26(2,3)22-17-20(13-15-24(22)29)28(7,19-11-9-8-10-12-19)21-14-16-25(30)23(18-21)27(4,5)6/h8-18,29-30H,1-7H3. The highest BCUT2D eigenvalue weighted by Gasteiger charge is 2.34. The minimum Gasteiger partial charge on any atom is -0.508 e. The maximum Gasteiger partial charge on any atom is 0.119 e. The lowest BCUT2D eigenvalue weighted by Gasteiger charge is -2.35. The van der Waals surface area contributed by atoms with Crippen molar-refractivity contribution >= 4 is 0 Å². The molecule has 0 unspecified atom stereocenters. The first-order valence-electron chi connectivity index (χ1n) is 10.6. The molecule has 0 heterocycles. The Morgan fingerprint density at radius 3 is 1.27 bits per heavy atom. The number of benzene rings is 3. The van der Waals surface area contributed by atoms with Gasteiger partial charge < -0.3 is 10.2 Å².